The van der Waals surface area contributed by atoms with Crippen LogP contribution >= 0.6 is 0 Å². The quantitative estimate of drug-likeness (QED) is 0.662. The first kappa shape index (κ1) is 18.9. The van der Waals surface area contributed by atoms with Gasteiger partial charge in [0.15, 0.2) is 6.29 Å². The molecule has 0 spiro atoms. The van der Waals surface area contributed by atoms with Crippen LogP contribution in [0, 0.1) is 6.92 Å². The highest BCUT2D eigenvalue weighted by Gasteiger charge is 2.25. The van der Waals surface area contributed by atoms with Gasteiger partial charge in [-0.1, -0.05) is 51.8 Å². The Morgan fingerprint density at radius 3 is 2.77 bits per heavy atom. The van der Waals surface area contributed by atoms with Gasteiger partial charge >= 0.3 is 0 Å². The van der Waals surface area contributed by atoms with Gasteiger partial charge in [-0.3, -0.25) is 4.79 Å². The number of rotatable bonds is 7. The summed E-state index contributed by atoms with van der Waals surface area (Å²) in [6.07, 6.45) is 6.81. The van der Waals surface area contributed by atoms with Crippen molar-refractivity contribution in [1.82, 2.24) is 0 Å². The van der Waals surface area contributed by atoms with E-state index in [9.17, 15) is 4.79 Å². The van der Waals surface area contributed by atoms with Crippen molar-refractivity contribution < 1.29 is 14.3 Å². The third-order valence-electron chi connectivity index (χ3n) is 3.99. The van der Waals surface area contributed by atoms with Crippen molar-refractivity contribution in [3.05, 3.63) is 34.9 Å². The van der Waals surface area contributed by atoms with E-state index in [2.05, 4.69) is 6.92 Å². The topological polar surface area (TPSA) is 35.5 Å². The van der Waals surface area contributed by atoms with E-state index in [-0.39, 0.29) is 6.29 Å². The lowest BCUT2D eigenvalue weighted by Gasteiger charge is -2.15. The molecule has 1 fully saturated rings. The van der Waals surface area contributed by atoms with Gasteiger partial charge in [-0.05, 0) is 30.9 Å². The smallest absolute Gasteiger partial charge is 0.158 e. The number of hydrogen-bond acceptors (Lipinski definition) is 3. The summed E-state index contributed by atoms with van der Waals surface area (Å²) in [5.41, 5.74) is 2.80. The summed E-state index contributed by atoms with van der Waals surface area (Å²) >= 11 is 0. The third-order valence-corrected chi connectivity index (χ3v) is 3.99. The zero-order chi connectivity index (χ0) is 16.4. The molecule has 22 heavy (non-hydrogen) atoms. The molecule has 0 aromatic heterocycles. The van der Waals surface area contributed by atoms with Crippen molar-refractivity contribution in [3.8, 4) is 0 Å². The summed E-state index contributed by atoms with van der Waals surface area (Å²) in [5, 5.41) is 0. The molecule has 0 radical (unpaired) electrons. The summed E-state index contributed by atoms with van der Waals surface area (Å²) < 4.78 is 11.7. The second-order valence-corrected chi connectivity index (χ2v) is 5.47. The molecule has 1 aliphatic heterocycles. The van der Waals surface area contributed by atoms with E-state index in [0.717, 1.165) is 42.2 Å². The summed E-state index contributed by atoms with van der Waals surface area (Å²) in [4.78, 5) is 10.9. The van der Waals surface area contributed by atoms with Crippen LogP contribution < -0.4 is 0 Å². The first-order valence-corrected chi connectivity index (χ1v) is 8.55. The van der Waals surface area contributed by atoms with Crippen molar-refractivity contribution in [2.45, 2.75) is 78.8 Å². The lowest BCUT2D eigenvalue weighted by Crippen LogP contribution is -2.14. The van der Waals surface area contributed by atoms with Gasteiger partial charge in [0.05, 0.1) is 12.7 Å². The number of benzene rings is 1. The molecule has 2 unspecified atom stereocenters. The van der Waals surface area contributed by atoms with E-state index in [1.54, 1.807) is 0 Å². The molecule has 0 N–H and O–H groups in total. The van der Waals surface area contributed by atoms with E-state index in [1.165, 1.54) is 12.8 Å². The van der Waals surface area contributed by atoms with Gasteiger partial charge in [0.2, 0.25) is 0 Å². The Balaban J connectivity index is 0.00000116. The Kier molecular flexibility index (Phi) is 9.02. The number of carbonyl (C=O) groups is 1. The molecule has 3 heteroatoms. The van der Waals surface area contributed by atoms with Crippen LogP contribution in [0.15, 0.2) is 18.2 Å². The van der Waals surface area contributed by atoms with Crippen molar-refractivity contribution in [2.75, 3.05) is 0 Å². The van der Waals surface area contributed by atoms with Crippen LogP contribution in [0.5, 0.6) is 0 Å². The lowest BCUT2D eigenvalue weighted by atomic mass is 10.0. The van der Waals surface area contributed by atoms with Crippen LogP contribution in [0.1, 0.15) is 74.4 Å². The minimum absolute atomic E-state index is 0.0869. The molecule has 2 atom stereocenters. The van der Waals surface area contributed by atoms with E-state index < -0.39 is 0 Å². The molecular weight excluding hydrogens is 276 g/mol. The zero-order valence-corrected chi connectivity index (χ0v) is 14.4. The first-order valence-electron chi connectivity index (χ1n) is 8.55. The first-order chi connectivity index (χ1) is 10.7. The Morgan fingerprint density at radius 2 is 2.09 bits per heavy atom. The van der Waals surface area contributed by atoms with Crippen molar-refractivity contribution in [3.63, 3.8) is 0 Å². The number of carbonyl (C=O) groups excluding carboxylic acids is 1. The number of ether oxygens (including phenoxy) is 2. The molecule has 1 heterocycles. The van der Waals surface area contributed by atoms with Gasteiger partial charge in [-0.15, -0.1) is 0 Å². The summed E-state index contributed by atoms with van der Waals surface area (Å²) in [6, 6.07) is 5.74. The molecule has 2 rings (SSSR count). The van der Waals surface area contributed by atoms with E-state index in [0.29, 0.717) is 12.7 Å². The van der Waals surface area contributed by atoms with Crippen LogP contribution in [-0.2, 0) is 16.1 Å². The van der Waals surface area contributed by atoms with E-state index in [1.807, 2.05) is 39.0 Å². The van der Waals surface area contributed by atoms with Gasteiger partial charge in [-0.2, -0.15) is 0 Å². The summed E-state index contributed by atoms with van der Waals surface area (Å²) in [7, 11) is 0. The fraction of sp³-hybridized carbons (Fsp3) is 0.632. The van der Waals surface area contributed by atoms with Crippen molar-refractivity contribution >= 4 is 6.29 Å². The minimum atomic E-state index is -0.0869. The second-order valence-electron chi connectivity index (χ2n) is 5.47. The van der Waals surface area contributed by atoms with Crippen LogP contribution in [0.3, 0.4) is 0 Å². The van der Waals surface area contributed by atoms with E-state index >= 15 is 0 Å². The molecular formula is C19H30O3. The Bertz CT molecular complexity index is 442. The largest absolute Gasteiger partial charge is 0.349 e. The van der Waals surface area contributed by atoms with Crippen molar-refractivity contribution in [1.29, 1.82) is 0 Å². The molecule has 124 valence electrons. The standard InChI is InChI=1S/C17H24O3.C2H6/c1-3-4-8-16-9-10-17(20-16)19-12-15-7-5-6-14(11-18)13(15)2;1-2/h5-7,11,16-17H,3-4,8-10,12H2,1-2H3;1-2H3. The third kappa shape index (κ3) is 5.54. The Morgan fingerprint density at radius 1 is 1.32 bits per heavy atom. The molecule has 1 aliphatic rings. The second kappa shape index (κ2) is 10.5. The number of unbranched alkanes of at least 4 members (excludes halogenated alkanes) is 1. The van der Waals surface area contributed by atoms with Crippen LogP contribution in [-0.4, -0.2) is 18.7 Å². The molecule has 0 amide bonds. The van der Waals surface area contributed by atoms with Crippen molar-refractivity contribution in [2.24, 2.45) is 0 Å². The fourth-order valence-corrected chi connectivity index (χ4v) is 2.61. The predicted octanol–water partition coefficient (Wildman–Crippen LogP) is 5.05. The Labute approximate surface area is 135 Å². The Hall–Kier alpha value is -1.19. The molecule has 3 nitrogen and oxygen atoms in total. The predicted molar refractivity (Wildman–Crippen MR) is 90.1 cm³/mol. The molecule has 0 aliphatic carbocycles. The van der Waals surface area contributed by atoms with E-state index in [4.69, 9.17) is 9.47 Å². The average Bonchev–Trinajstić information content (AvgIpc) is 3.02. The highest BCUT2D eigenvalue weighted by atomic mass is 16.7. The SMILES string of the molecule is CC.CCCCC1CCC(OCc2cccc(C=O)c2C)O1. The van der Waals surface area contributed by atoms with Crippen LogP contribution in [0.4, 0.5) is 0 Å². The number of hydrogen-bond donors (Lipinski definition) is 0. The lowest BCUT2D eigenvalue weighted by molar-refractivity contribution is -0.141. The normalized spacial score (nSPS) is 20.4. The summed E-state index contributed by atoms with van der Waals surface area (Å²) in [5.74, 6) is 0. The molecule has 1 aromatic carbocycles. The molecule has 1 saturated heterocycles. The molecule has 0 saturated carbocycles. The maximum absolute atomic E-state index is 10.9. The highest BCUT2D eigenvalue weighted by Crippen LogP contribution is 2.25. The minimum Gasteiger partial charge on any atom is -0.349 e. The monoisotopic (exact) mass is 306 g/mol. The summed E-state index contributed by atoms with van der Waals surface area (Å²) in [6.45, 7) is 8.67. The molecule has 0 bridgehead atoms. The van der Waals surface area contributed by atoms with Gasteiger partial charge in [0, 0.05) is 12.0 Å². The maximum atomic E-state index is 10.9. The average molecular weight is 306 g/mol. The van der Waals surface area contributed by atoms with Crippen LogP contribution in [0.25, 0.3) is 0 Å². The highest BCUT2D eigenvalue weighted by molar-refractivity contribution is 5.77. The van der Waals surface area contributed by atoms with Gasteiger partial charge in [0.1, 0.15) is 6.29 Å². The molecule has 1 aromatic rings. The van der Waals surface area contributed by atoms with Gasteiger partial charge < -0.3 is 9.47 Å². The fourth-order valence-electron chi connectivity index (χ4n) is 2.61. The van der Waals surface area contributed by atoms with Gasteiger partial charge in [-0.25, -0.2) is 0 Å². The van der Waals surface area contributed by atoms with Crippen LogP contribution in [0.2, 0.25) is 0 Å². The zero-order valence-electron chi connectivity index (χ0n) is 14.4. The number of aldehydes is 1. The van der Waals surface area contributed by atoms with Gasteiger partial charge in [0.25, 0.3) is 0 Å². The maximum Gasteiger partial charge on any atom is 0.158 e.